The minimum atomic E-state index is -0.870. The van der Waals surface area contributed by atoms with Gasteiger partial charge >= 0.3 is 0 Å². The summed E-state index contributed by atoms with van der Waals surface area (Å²) in [4.78, 5) is 13.3. The molecular weight excluding hydrogens is 378 g/mol. The van der Waals surface area contributed by atoms with E-state index in [1.54, 1.807) is 38.0 Å². The predicted octanol–water partition coefficient (Wildman–Crippen LogP) is 5.66. The van der Waals surface area contributed by atoms with E-state index in [2.05, 4.69) is 15.0 Å². The molecule has 0 aliphatic carbocycles. The van der Waals surface area contributed by atoms with Crippen LogP contribution in [0.15, 0.2) is 70.8 Å². The minimum Gasteiger partial charge on any atom is -0.386 e. The van der Waals surface area contributed by atoms with Gasteiger partial charge in [-0.25, -0.2) is 9.97 Å². The summed E-state index contributed by atoms with van der Waals surface area (Å²) in [5.41, 5.74) is 2.83. The molecule has 3 heterocycles. The van der Waals surface area contributed by atoms with E-state index in [9.17, 15) is 5.11 Å². The number of aliphatic hydroxyl groups is 1. The van der Waals surface area contributed by atoms with Gasteiger partial charge in [0.05, 0.1) is 16.3 Å². The molecule has 4 aromatic rings. The predicted molar refractivity (Wildman–Crippen MR) is 110 cm³/mol. The lowest BCUT2D eigenvalue weighted by molar-refractivity contribution is 0.0786. The van der Waals surface area contributed by atoms with Crippen molar-refractivity contribution in [2.45, 2.75) is 29.4 Å². The van der Waals surface area contributed by atoms with Crippen LogP contribution in [0.4, 0.5) is 0 Å². The number of hydrogen-bond donors (Lipinski definition) is 2. The molecule has 136 valence electrons. The van der Waals surface area contributed by atoms with Crippen molar-refractivity contribution in [1.29, 1.82) is 0 Å². The van der Waals surface area contributed by atoms with E-state index in [1.165, 1.54) is 0 Å². The number of fused-ring (bicyclic) bond motifs is 1. The summed E-state index contributed by atoms with van der Waals surface area (Å²) in [5, 5.41) is 12.7. The molecule has 0 unspecified atom stereocenters. The number of nitrogens with zero attached hydrogens (tertiary/aromatic N) is 2. The summed E-state index contributed by atoms with van der Waals surface area (Å²) >= 11 is 7.53. The van der Waals surface area contributed by atoms with Crippen molar-refractivity contribution in [1.82, 2.24) is 15.0 Å². The monoisotopic (exact) mass is 395 g/mol. The Morgan fingerprint density at radius 3 is 2.48 bits per heavy atom. The molecule has 6 heteroatoms. The first-order chi connectivity index (χ1) is 12.9. The van der Waals surface area contributed by atoms with Crippen molar-refractivity contribution >= 4 is 34.4 Å². The first kappa shape index (κ1) is 18.0. The Balaban J connectivity index is 1.81. The molecule has 0 atom stereocenters. The molecule has 0 radical (unpaired) electrons. The van der Waals surface area contributed by atoms with Crippen LogP contribution >= 0.6 is 23.4 Å². The summed E-state index contributed by atoms with van der Waals surface area (Å²) < 4.78 is 0. The van der Waals surface area contributed by atoms with Crippen LogP contribution in [0.3, 0.4) is 0 Å². The number of benzene rings is 1. The lowest BCUT2D eigenvalue weighted by Crippen LogP contribution is -2.14. The van der Waals surface area contributed by atoms with Crippen molar-refractivity contribution in [3.05, 3.63) is 71.5 Å². The average Bonchev–Trinajstić information content (AvgIpc) is 3.02. The number of aromatic nitrogens is 3. The van der Waals surface area contributed by atoms with Crippen LogP contribution in [-0.4, -0.2) is 20.1 Å². The number of H-pyrrole nitrogens is 1. The van der Waals surface area contributed by atoms with Gasteiger partial charge in [-0.15, -0.1) is 0 Å². The average molecular weight is 396 g/mol. The molecule has 4 rings (SSSR count). The third kappa shape index (κ3) is 3.72. The van der Waals surface area contributed by atoms with Crippen LogP contribution in [0.1, 0.15) is 19.4 Å². The van der Waals surface area contributed by atoms with Crippen molar-refractivity contribution < 1.29 is 5.11 Å². The van der Waals surface area contributed by atoms with Crippen LogP contribution < -0.4 is 0 Å². The van der Waals surface area contributed by atoms with E-state index >= 15 is 0 Å². The summed E-state index contributed by atoms with van der Waals surface area (Å²) in [7, 11) is 0. The highest BCUT2D eigenvalue weighted by Crippen LogP contribution is 2.40. The zero-order valence-electron chi connectivity index (χ0n) is 14.9. The normalized spacial score (nSPS) is 11.9. The molecule has 4 nitrogen and oxygen atoms in total. The van der Waals surface area contributed by atoms with Gasteiger partial charge in [0.2, 0.25) is 0 Å². The topological polar surface area (TPSA) is 61.8 Å². The van der Waals surface area contributed by atoms with Gasteiger partial charge in [0, 0.05) is 22.7 Å². The number of rotatable bonds is 4. The maximum Gasteiger partial charge on any atom is 0.138 e. The fourth-order valence-corrected chi connectivity index (χ4v) is 3.99. The van der Waals surface area contributed by atoms with E-state index in [4.69, 9.17) is 11.6 Å². The summed E-state index contributed by atoms with van der Waals surface area (Å²) in [6.45, 7) is 3.56. The highest BCUT2D eigenvalue weighted by molar-refractivity contribution is 7.99. The molecule has 1 aromatic carbocycles. The van der Waals surface area contributed by atoms with Crippen LogP contribution in [0.25, 0.3) is 22.3 Å². The van der Waals surface area contributed by atoms with Crippen LogP contribution in [-0.2, 0) is 5.60 Å². The molecule has 0 spiro atoms. The first-order valence-corrected chi connectivity index (χ1v) is 9.70. The lowest BCUT2D eigenvalue weighted by Gasteiger charge is -2.17. The molecule has 0 aliphatic heterocycles. The first-order valence-electron chi connectivity index (χ1n) is 8.51. The van der Waals surface area contributed by atoms with Gasteiger partial charge in [-0.2, -0.15) is 0 Å². The Morgan fingerprint density at radius 2 is 1.81 bits per heavy atom. The number of aromatic amines is 1. The maximum absolute atomic E-state index is 10.2. The van der Waals surface area contributed by atoms with Crippen LogP contribution in [0.5, 0.6) is 0 Å². The number of pyridine rings is 2. The minimum absolute atomic E-state index is 0.613. The summed E-state index contributed by atoms with van der Waals surface area (Å²) in [6, 6.07) is 15.6. The molecule has 0 aliphatic rings. The SMILES string of the molecule is CC(C)(O)c1ccc(-c2[nH]c3ncccc3c2Sc2ccc(Cl)cn2)cc1. The molecule has 0 fully saturated rings. The van der Waals surface area contributed by atoms with E-state index in [0.717, 1.165) is 37.8 Å². The third-order valence-electron chi connectivity index (χ3n) is 4.31. The Bertz CT molecular complexity index is 1080. The van der Waals surface area contributed by atoms with Crippen molar-refractivity contribution in [2.24, 2.45) is 0 Å². The smallest absolute Gasteiger partial charge is 0.138 e. The van der Waals surface area contributed by atoms with Gasteiger partial charge in [0.25, 0.3) is 0 Å². The fraction of sp³-hybridized carbons (Fsp3) is 0.143. The molecule has 0 bridgehead atoms. The molecular formula is C21H18ClN3OS. The van der Waals surface area contributed by atoms with Gasteiger partial charge in [-0.3, -0.25) is 0 Å². The number of nitrogens with one attached hydrogen (secondary N) is 1. The second-order valence-corrected chi connectivity index (χ2v) is 8.25. The molecule has 3 aromatic heterocycles. The second-order valence-electron chi connectivity index (χ2n) is 6.78. The third-order valence-corrected chi connectivity index (χ3v) is 5.61. The quantitative estimate of drug-likeness (QED) is 0.468. The Labute approximate surface area is 166 Å². The van der Waals surface area contributed by atoms with Gasteiger partial charge in [-0.05, 0) is 49.2 Å². The maximum atomic E-state index is 10.2. The molecule has 0 saturated carbocycles. The lowest BCUT2D eigenvalue weighted by atomic mass is 9.97. The van der Waals surface area contributed by atoms with Crippen molar-refractivity contribution in [3.8, 4) is 11.3 Å². The van der Waals surface area contributed by atoms with Gasteiger partial charge in [0.1, 0.15) is 10.7 Å². The zero-order valence-corrected chi connectivity index (χ0v) is 16.5. The van der Waals surface area contributed by atoms with Crippen molar-refractivity contribution in [3.63, 3.8) is 0 Å². The number of hydrogen-bond acceptors (Lipinski definition) is 4. The second kappa shape index (κ2) is 7.00. The zero-order chi connectivity index (χ0) is 19.0. The highest BCUT2D eigenvalue weighted by Gasteiger charge is 2.18. The van der Waals surface area contributed by atoms with Gasteiger partial charge < -0.3 is 10.1 Å². The highest BCUT2D eigenvalue weighted by atomic mass is 35.5. The van der Waals surface area contributed by atoms with E-state index in [1.807, 2.05) is 48.5 Å². The Morgan fingerprint density at radius 1 is 1.04 bits per heavy atom. The Kier molecular flexibility index (Phi) is 4.68. The van der Waals surface area contributed by atoms with Crippen LogP contribution in [0, 0.1) is 0 Å². The van der Waals surface area contributed by atoms with Crippen LogP contribution in [0.2, 0.25) is 5.02 Å². The van der Waals surface area contributed by atoms with E-state index < -0.39 is 5.60 Å². The molecule has 0 saturated heterocycles. The fourth-order valence-electron chi connectivity index (χ4n) is 2.88. The summed E-state index contributed by atoms with van der Waals surface area (Å²) in [6.07, 6.45) is 3.42. The molecule has 27 heavy (non-hydrogen) atoms. The van der Waals surface area contributed by atoms with E-state index in [-0.39, 0.29) is 0 Å². The largest absolute Gasteiger partial charge is 0.386 e. The molecule has 0 amide bonds. The number of halogens is 1. The standard InChI is InChI=1S/C21H18ClN3OS/c1-21(2,26)14-7-5-13(6-8-14)18-19(16-4-3-11-23-20(16)25-18)27-17-10-9-15(22)12-24-17/h3-12,26H,1-2H3,(H,23,25). The van der Waals surface area contributed by atoms with Crippen molar-refractivity contribution in [2.75, 3.05) is 0 Å². The Hall–Kier alpha value is -2.34. The van der Waals surface area contributed by atoms with Gasteiger partial charge in [0.15, 0.2) is 0 Å². The van der Waals surface area contributed by atoms with E-state index in [0.29, 0.717) is 5.02 Å². The summed E-state index contributed by atoms with van der Waals surface area (Å²) in [5.74, 6) is 0. The molecule has 2 N–H and O–H groups in total. The van der Waals surface area contributed by atoms with Gasteiger partial charge in [-0.1, -0.05) is 47.6 Å².